The number of rotatable bonds is 6. The average molecular weight is 240 g/mol. The predicted octanol–water partition coefficient (Wildman–Crippen LogP) is 2.56. The third kappa shape index (κ3) is 6.06. The van der Waals surface area contributed by atoms with Crippen molar-refractivity contribution >= 4 is 5.91 Å². The van der Waals surface area contributed by atoms with Gasteiger partial charge in [0.05, 0.1) is 0 Å². The van der Waals surface area contributed by atoms with Crippen LogP contribution in [0.3, 0.4) is 0 Å². The SMILES string of the molecule is CCCNC(C)CCN1CCCCCCC1=O. The number of hydrogen-bond acceptors (Lipinski definition) is 2. The lowest BCUT2D eigenvalue weighted by Crippen LogP contribution is -2.37. The van der Waals surface area contributed by atoms with Crippen LogP contribution in [0.2, 0.25) is 0 Å². The number of hydrogen-bond donors (Lipinski definition) is 1. The lowest BCUT2D eigenvalue weighted by Gasteiger charge is -2.26. The molecule has 0 bridgehead atoms. The average Bonchev–Trinajstić information content (AvgIpc) is 2.31. The van der Waals surface area contributed by atoms with Gasteiger partial charge in [0, 0.05) is 25.6 Å². The topological polar surface area (TPSA) is 32.3 Å². The Labute approximate surface area is 106 Å². The van der Waals surface area contributed by atoms with Crippen LogP contribution in [0.15, 0.2) is 0 Å². The standard InChI is InChI=1S/C14H28N2O/c1-3-10-15-13(2)9-12-16-11-7-5-4-6-8-14(16)17/h13,15H,3-12H2,1-2H3. The minimum Gasteiger partial charge on any atom is -0.343 e. The first-order valence-corrected chi connectivity index (χ1v) is 7.25. The summed E-state index contributed by atoms with van der Waals surface area (Å²) < 4.78 is 0. The molecule has 0 aliphatic carbocycles. The first-order chi connectivity index (χ1) is 8.24. The number of carbonyl (C=O) groups is 1. The van der Waals surface area contributed by atoms with Crippen LogP contribution in [-0.2, 0) is 4.79 Å². The molecule has 1 heterocycles. The molecule has 0 spiro atoms. The summed E-state index contributed by atoms with van der Waals surface area (Å²) in [5.74, 6) is 0.368. The third-order valence-electron chi connectivity index (χ3n) is 3.50. The van der Waals surface area contributed by atoms with Gasteiger partial charge < -0.3 is 10.2 Å². The van der Waals surface area contributed by atoms with E-state index in [1.807, 2.05) is 0 Å². The molecule has 3 heteroatoms. The van der Waals surface area contributed by atoms with Gasteiger partial charge in [0.1, 0.15) is 0 Å². The second kappa shape index (κ2) is 8.51. The highest BCUT2D eigenvalue weighted by Crippen LogP contribution is 2.12. The second-order valence-corrected chi connectivity index (χ2v) is 5.19. The summed E-state index contributed by atoms with van der Waals surface area (Å²) in [5.41, 5.74) is 0. The van der Waals surface area contributed by atoms with Crippen molar-refractivity contribution in [1.82, 2.24) is 10.2 Å². The Kier molecular flexibility index (Phi) is 7.25. The van der Waals surface area contributed by atoms with Crippen LogP contribution < -0.4 is 5.32 Å². The van der Waals surface area contributed by atoms with E-state index in [-0.39, 0.29) is 0 Å². The van der Waals surface area contributed by atoms with E-state index < -0.39 is 0 Å². The Bertz CT molecular complexity index is 218. The molecule has 0 radical (unpaired) electrons. The minimum absolute atomic E-state index is 0.368. The Hall–Kier alpha value is -0.570. The summed E-state index contributed by atoms with van der Waals surface area (Å²) in [6.45, 7) is 7.37. The van der Waals surface area contributed by atoms with Crippen molar-refractivity contribution in [2.45, 2.75) is 64.8 Å². The molecule has 1 unspecified atom stereocenters. The Morgan fingerprint density at radius 1 is 1.29 bits per heavy atom. The first-order valence-electron chi connectivity index (χ1n) is 7.25. The van der Waals surface area contributed by atoms with Crippen molar-refractivity contribution in [3.8, 4) is 0 Å². The van der Waals surface area contributed by atoms with Gasteiger partial charge in [0.25, 0.3) is 0 Å². The monoisotopic (exact) mass is 240 g/mol. The molecule has 3 nitrogen and oxygen atoms in total. The van der Waals surface area contributed by atoms with E-state index in [1.54, 1.807) is 0 Å². The van der Waals surface area contributed by atoms with Gasteiger partial charge in [-0.1, -0.05) is 19.8 Å². The molecule has 0 aromatic heterocycles. The van der Waals surface area contributed by atoms with Gasteiger partial charge in [-0.2, -0.15) is 0 Å². The summed E-state index contributed by atoms with van der Waals surface area (Å²) in [4.78, 5) is 14.0. The summed E-state index contributed by atoms with van der Waals surface area (Å²) >= 11 is 0. The van der Waals surface area contributed by atoms with Crippen molar-refractivity contribution in [1.29, 1.82) is 0 Å². The minimum atomic E-state index is 0.368. The highest BCUT2D eigenvalue weighted by molar-refractivity contribution is 5.76. The highest BCUT2D eigenvalue weighted by Gasteiger charge is 2.15. The van der Waals surface area contributed by atoms with Gasteiger partial charge in [0.15, 0.2) is 0 Å². The molecule has 17 heavy (non-hydrogen) atoms. The van der Waals surface area contributed by atoms with Gasteiger partial charge in [-0.15, -0.1) is 0 Å². The molecule has 100 valence electrons. The maximum absolute atomic E-state index is 11.9. The first kappa shape index (κ1) is 14.5. The van der Waals surface area contributed by atoms with Crippen molar-refractivity contribution in [2.75, 3.05) is 19.6 Å². The van der Waals surface area contributed by atoms with Crippen LogP contribution >= 0.6 is 0 Å². The van der Waals surface area contributed by atoms with Gasteiger partial charge in [-0.3, -0.25) is 4.79 Å². The summed E-state index contributed by atoms with van der Waals surface area (Å²) in [6.07, 6.45) is 7.79. The number of likely N-dealkylation sites (tertiary alicyclic amines) is 1. The van der Waals surface area contributed by atoms with Crippen molar-refractivity contribution in [2.24, 2.45) is 0 Å². The maximum Gasteiger partial charge on any atom is 0.222 e. The molecule has 1 aliphatic rings. The molecule has 1 fully saturated rings. The molecule has 1 atom stereocenters. The van der Waals surface area contributed by atoms with E-state index in [0.717, 1.165) is 38.9 Å². The van der Waals surface area contributed by atoms with E-state index in [4.69, 9.17) is 0 Å². The number of nitrogens with one attached hydrogen (secondary N) is 1. The van der Waals surface area contributed by atoms with E-state index in [0.29, 0.717) is 11.9 Å². The zero-order valence-electron chi connectivity index (χ0n) is 11.5. The maximum atomic E-state index is 11.9. The molecule has 1 amide bonds. The smallest absolute Gasteiger partial charge is 0.222 e. The summed E-state index contributed by atoms with van der Waals surface area (Å²) in [5, 5.41) is 3.48. The largest absolute Gasteiger partial charge is 0.343 e. The number of carbonyl (C=O) groups excluding carboxylic acids is 1. The molecule has 0 saturated carbocycles. The molecule has 1 rings (SSSR count). The van der Waals surface area contributed by atoms with Gasteiger partial charge in [-0.25, -0.2) is 0 Å². The Balaban J connectivity index is 2.24. The fourth-order valence-electron chi connectivity index (χ4n) is 2.29. The highest BCUT2D eigenvalue weighted by atomic mass is 16.2. The van der Waals surface area contributed by atoms with Crippen LogP contribution in [0.4, 0.5) is 0 Å². The van der Waals surface area contributed by atoms with Crippen LogP contribution in [0.5, 0.6) is 0 Å². The van der Waals surface area contributed by atoms with E-state index in [2.05, 4.69) is 24.1 Å². The van der Waals surface area contributed by atoms with Crippen molar-refractivity contribution < 1.29 is 4.79 Å². The second-order valence-electron chi connectivity index (χ2n) is 5.19. The third-order valence-corrected chi connectivity index (χ3v) is 3.50. The molecule has 1 saturated heterocycles. The normalized spacial score (nSPS) is 19.9. The van der Waals surface area contributed by atoms with E-state index >= 15 is 0 Å². The van der Waals surface area contributed by atoms with Crippen LogP contribution in [0.25, 0.3) is 0 Å². The van der Waals surface area contributed by atoms with Crippen LogP contribution in [0.1, 0.15) is 58.8 Å². The van der Waals surface area contributed by atoms with Crippen LogP contribution in [-0.4, -0.2) is 36.5 Å². The van der Waals surface area contributed by atoms with Gasteiger partial charge in [-0.05, 0) is 39.2 Å². The summed E-state index contributed by atoms with van der Waals surface area (Å²) in [6, 6.07) is 0.521. The lowest BCUT2D eigenvalue weighted by atomic mass is 10.1. The number of amides is 1. The molecule has 0 aromatic rings. The molecular weight excluding hydrogens is 212 g/mol. The van der Waals surface area contributed by atoms with E-state index in [9.17, 15) is 4.79 Å². The van der Waals surface area contributed by atoms with Crippen molar-refractivity contribution in [3.05, 3.63) is 0 Å². The zero-order valence-corrected chi connectivity index (χ0v) is 11.5. The lowest BCUT2D eigenvalue weighted by molar-refractivity contribution is -0.131. The zero-order chi connectivity index (χ0) is 12.5. The number of nitrogens with zero attached hydrogens (tertiary/aromatic N) is 1. The van der Waals surface area contributed by atoms with E-state index in [1.165, 1.54) is 25.7 Å². The van der Waals surface area contributed by atoms with Crippen molar-refractivity contribution in [3.63, 3.8) is 0 Å². The van der Waals surface area contributed by atoms with Gasteiger partial charge >= 0.3 is 0 Å². The predicted molar refractivity (Wildman–Crippen MR) is 72.0 cm³/mol. The fourth-order valence-corrected chi connectivity index (χ4v) is 2.29. The molecule has 0 aromatic carbocycles. The molecule has 1 aliphatic heterocycles. The summed E-state index contributed by atoms with van der Waals surface area (Å²) in [7, 11) is 0. The Morgan fingerprint density at radius 3 is 2.82 bits per heavy atom. The fraction of sp³-hybridized carbons (Fsp3) is 0.929. The van der Waals surface area contributed by atoms with Crippen LogP contribution in [0, 0.1) is 0 Å². The molecular formula is C14H28N2O. The van der Waals surface area contributed by atoms with Gasteiger partial charge in [0.2, 0.25) is 5.91 Å². The Morgan fingerprint density at radius 2 is 2.06 bits per heavy atom. The quantitative estimate of drug-likeness (QED) is 0.774. The molecule has 1 N–H and O–H groups in total.